The van der Waals surface area contributed by atoms with Gasteiger partial charge in [-0.2, -0.15) is 0 Å². The van der Waals surface area contributed by atoms with E-state index in [1.54, 1.807) is 0 Å². The Morgan fingerprint density at radius 3 is 2.69 bits per heavy atom. The Morgan fingerprint density at radius 2 is 2.00 bits per heavy atom. The van der Waals surface area contributed by atoms with E-state index in [0.717, 1.165) is 25.0 Å². The molecule has 0 amide bonds. The summed E-state index contributed by atoms with van der Waals surface area (Å²) in [4.78, 5) is 12.3. The zero-order chi connectivity index (χ0) is 12.0. The van der Waals surface area contributed by atoms with Crippen LogP contribution < -0.4 is 5.32 Å². The summed E-state index contributed by atoms with van der Waals surface area (Å²) in [6, 6.07) is 0. The molecule has 1 rings (SSSR count). The quantitative estimate of drug-likeness (QED) is 0.793. The lowest BCUT2D eigenvalue weighted by Crippen LogP contribution is -2.47. The van der Waals surface area contributed by atoms with Gasteiger partial charge in [-0.25, -0.2) is 0 Å². The zero-order valence-corrected chi connectivity index (χ0v) is 10.9. The van der Waals surface area contributed by atoms with Crippen LogP contribution >= 0.6 is 0 Å². The van der Waals surface area contributed by atoms with Gasteiger partial charge >= 0.3 is 0 Å². The van der Waals surface area contributed by atoms with Gasteiger partial charge in [0.05, 0.1) is 5.54 Å². The highest BCUT2D eigenvalue weighted by Gasteiger charge is 2.28. The first-order chi connectivity index (χ1) is 7.58. The summed E-state index contributed by atoms with van der Waals surface area (Å²) in [5.41, 5.74) is 0.644. The predicted octanol–water partition coefficient (Wildman–Crippen LogP) is 3.22. The Bertz CT molecular complexity index is 266. The molecule has 0 aromatic carbocycles. The van der Waals surface area contributed by atoms with Crippen molar-refractivity contribution in [1.82, 2.24) is 5.32 Å². The molecule has 0 atom stereocenters. The van der Waals surface area contributed by atoms with Crippen LogP contribution in [0.15, 0.2) is 11.6 Å². The lowest BCUT2D eigenvalue weighted by Gasteiger charge is -2.26. The van der Waals surface area contributed by atoms with E-state index in [0.29, 0.717) is 0 Å². The summed E-state index contributed by atoms with van der Waals surface area (Å²) in [6.07, 6.45) is 9.19. The average molecular weight is 223 g/mol. The third kappa shape index (κ3) is 3.75. The van der Waals surface area contributed by atoms with Gasteiger partial charge in [-0.3, -0.25) is 4.79 Å². The van der Waals surface area contributed by atoms with Crippen LogP contribution in [0, 0.1) is 0 Å². The molecule has 0 spiro atoms. The number of likely N-dealkylation sites (N-methyl/N-ethyl adjacent to an activating group) is 1. The molecular weight excluding hydrogens is 198 g/mol. The summed E-state index contributed by atoms with van der Waals surface area (Å²) >= 11 is 0. The number of Topliss-reactive ketones (excluding diaryl/α,β-unsaturated/α-hetero) is 1. The van der Waals surface area contributed by atoms with Crippen LogP contribution in [-0.2, 0) is 4.79 Å². The maximum atomic E-state index is 12.3. The van der Waals surface area contributed by atoms with Crippen LogP contribution in [-0.4, -0.2) is 17.9 Å². The number of nitrogens with one attached hydrogen (secondary N) is 1. The molecule has 0 radical (unpaired) electrons. The third-order valence-corrected chi connectivity index (χ3v) is 3.27. The molecule has 0 heterocycles. The summed E-state index contributed by atoms with van der Waals surface area (Å²) in [5.74, 6) is 0.288. The summed E-state index contributed by atoms with van der Waals surface area (Å²) in [5, 5.41) is 3.26. The summed E-state index contributed by atoms with van der Waals surface area (Å²) in [7, 11) is 0. The van der Waals surface area contributed by atoms with Crippen LogP contribution in [0.2, 0.25) is 0 Å². The van der Waals surface area contributed by atoms with Crippen molar-refractivity contribution in [2.24, 2.45) is 0 Å². The van der Waals surface area contributed by atoms with Gasteiger partial charge in [0.2, 0.25) is 0 Å². The van der Waals surface area contributed by atoms with Crippen molar-refractivity contribution in [1.29, 1.82) is 0 Å². The molecular formula is C14H25NO. The number of allylic oxidation sites excluding steroid dienone is 1. The molecule has 1 N–H and O–H groups in total. The zero-order valence-electron chi connectivity index (χ0n) is 10.9. The minimum absolute atomic E-state index is 0.288. The molecule has 0 aliphatic heterocycles. The van der Waals surface area contributed by atoms with Gasteiger partial charge in [-0.1, -0.05) is 25.8 Å². The lowest BCUT2D eigenvalue weighted by atomic mass is 9.88. The van der Waals surface area contributed by atoms with E-state index in [1.165, 1.54) is 25.7 Å². The smallest absolute Gasteiger partial charge is 0.177 e. The van der Waals surface area contributed by atoms with Crippen molar-refractivity contribution in [3.8, 4) is 0 Å². The third-order valence-electron chi connectivity index (χ3n) is 3.27. The number of carbonyl (C=O) groups excluding carboxylic acids is 1. The van der Waals surface area contributed by atoms with Crippen LogP contribution in [0.4, 0.5) is 0 Å². The Hall–Kier alpha value is -0.630. The average Bonchev–Trinajstić information content (AvgIpc) is 2.16. The summed E-state index contributed by atoms with van der Waals surface area (Å²) in [6.45, 7) is 6.85. The fourth-order valence-electron chi connectivity index (χ4n) is 2.32. The van der Waals surface area contributed by atoms with Crippen LogP contribution in [0.5, 0.6) is 0 Å². The van der Waals surface area contributed by atoms with Gasteiger partial charge in [0.25, 0.3) is 0 Å². The standard InChI is InChI=1S/C14H25NO/c1-4-15-14(2,3)13(16)12-10-8-6-5-7-9-11-12/h10,15H,4-9,11H2,1-3H3. The SMILES string of the molecule is CCNC(C)(C)C(=O)C1=CCCCCCC1. The molecule has 0 fully saturated rings. The molecule has 0 aromatic heterocycles. The second kappa shape index (κ2) is 6.19. The van der Waals surface area contributed by atoms with Gasteiger partial charge in [0.1, 0.15) is 0 Å². The van der Waals surface area contributed by atoms with E-state index >= 15 is 0 Å². The first-order valence-corrected chi connectivity index (χ1v) is 6.57. The maximum absolute atomic E-state index is 12.3. The summed E-state index contributed by atoms with van der Waals surface area (Å²) < 4.78 is 0. The molecule has 0 saturated carbocycles. The van der Waals surface area contributed by atoms with E-state index in [2.05, 4.69) is 11.4 Å². The van der Waals surface area contributed by atoms with Gasteiger partial charge in [-0.15, -0.1) is 0 Å². The second-order valence-electron chi connectivity index (χ2n) is 5.17. The van der Waals surface area contributed by atoms with Gasteiger partial charge in [-0.05, 0) is 51.6 Å². The molecule has 0 saturated heterocycles. The van der Waals surface area contributed by atoms with Crippen LogP contribution in [0.1, 0.15) is 59.3 Å². The van der Waals surface area contributed by atoms with Crippen molar-refractivity contribution < 1.29 is 4.79 Å². The van der Waals surface area contributed by atoms with E-state index in [-0.39, 0.29) is 5.78 Å². The van der Waals surface area contributed by atoms with E-state index in [4.69, 9.17) is 0 Å². The lowest BCUT2D eigenvalue weighted by molar-refractivity contribution is -0.120. The molecule has 0 bridgehead atoms. The Labute approximate surface area is 99.5 Å². The topological polar surface area (TPSA) is 29.1 Å². The predicted molar refractivity (Wildman–Crippen MR) is 68.5 cm³/mol. The number of hydrogen-bond acceptors (Lipinski definition) is 2. The largest absolute Gasteiger partial charge is 0.305 e. The normalized spacial score (nSPS) is 18.6. The highest BCUT2D eigenvalue weighted by molar-refractivity contribution is 6.02. The van der Waals surface area contributed by atoms with Crippen molar-refractivity contribution >= 4 is 5.78 Å². The van der Waals surface area contributed by atoms with Crippen LogP contribution in [0.3, 0.4) is 0 Å². The minimum atomic E-state index is -0.403. The fourth-order valence-corrected chi connectivity index (χ4v) is 2.32. The van der Waals surface area contributed by atoms with Crippen molar-refractivity contribution in [2.45, 2.75) is 64.8 Å². The first kappa shape index (κ1) is 13.4. The highest BCUT2D eigenvalue weighted by Crippen LogP contribution is 2.21. The van der Waals surface area contributed by atoms with Gasteiger partial charge < -0.3 is 5.32 Å². The molecule has 92 valence electrons. The molecule has 1 aliphatic carbocycles. The number of rotatable bonds is 4. The highest BCUT2D eigenvalue weighted by atomic mass is 16.1. The number of hydrogen-bond donors (Lipinski definition) is 1. The monoisotopic (exact) mass is 223 g/mol. The number of ketones is 1. The maximum Gasteiger partial charge on any atom is 0.177 e. The van der Waals surface area contributed by atoms with Crippen molar-refractivity contribution in [3.63, 3.8) is 0 Å². The number of carbonyl (C=O) groups is 1. The molecule has 0 unspecified atom stereocenters. The Kier molecular flexibility index (Phi) is 5.20. The Morgan fingerprint density at radius 1 is 1.31 bits per heavy atom. The van der Waals surface area contributed by atoms with Gasteiger partial charge in [0, 0.05) is 0 Å². The van der Waals surface area contributed by atoms with Gasteiger partial charge in [0.15, 0.2) is 5.78 Å². The van der Waals surface area contributed by atoms with E-state index in [1.807, 2.05) is 20.8 Å². The second-order valence-corrected chi connectivity index (χ2v) is 5.17. The van der Waals surface area contributed by atoms with E-state index < -0.39 is 5.54 Å². The molecule has 2 heteroatoms. The van der Waals surface area contributed by atoms with Crippen LogP contribution in [0.25, 0.3) is 0 Å². The van der Waals surface area contributed by atoms with E-state index in [9.17, 15) is 4.79 Å². The molecule has 1 aliphatic rings. The first-order valence-electron chi connectivity index (χ1n) is 6.57. The Balaban J connectivity index is 2.70. The van der Waals surface area contributed by atoms with Crippen molar-refractivity contribution in [3.05, 3.63) is 11.6 Å². The molecule has 2 nitrogen and oxygen atoms in total. The fraction of sp³-hybridized carbons (Fsp3) is 0.786. The minimum Gasteiger partial charge on any atom is -0.305 e. The molecule has 16 heavy (non-hydrogen) atoms. The molecule has 0 aromatic rings. The van der Waals surface area contributed by atoms with Crippen molar-refractivity contribution in [2.75, 3.05) is 6.54 Å².